The number of primary amides is 1. The Labute approximate surface area is 118 Å². The second-order valence-electron chi connectivity index (χ2n) is 4.90. The molecule has 0 spiro atoms. The highest BCUT2D eigenvalue weighted by molar-refractivity contribution is 5.98. The van der Waals surface area contributed by atoms with Crippen LogP contribution in [0.4, 0.5) is 17.2 Å². The fourth-order valence-electron chi connectivity index (χ4n) is 2.13. The molecule has 0 bridgehead atoms. The van der Waals surface area contributed by atoms with E-state index in [9.17, 15) is 4.79 Å². The molecule has 5 heteroatoms. The summed E-state index contributed by atoms with van der Waals surface area (Å²) in [5, 5.41) is 0. The van der Waals surface area contributed by atoms with Gasteiger partial charge in [0, 0.05) is 12.7 Å². The number of rotatable bonds is 3. The van der Waals surface area contributed by atoms with Crippen molar-refractivity contribution in [3.8, 4) is 0 Å². The molecule has 4 N–H and O–H groups in total. The highest BCUT2D eigenvalue weighted by atomic mass is 16.1. The van der Waals surface area contributed by atoms with Crippen LogP contribution in [0, 0.1) is 13.8 Å². The average Bonchev–Trinajstić information content (AvgIpc) is 2.37. The summed E-state index contributed by atoms with van der Waals surface area (Å²) in [6.07, 6.45) is 1.45. The molecule has 2 aromatic rings. The Morgan fingerprint density at radius 3 is 2.30 bits per heavy atom. The number of carbonyl (C=O) groups excluding carboxylic acids is 1. The van der Waals surface area contributed by atoms with Crippen molar-refractivity contribution < 1.29 is 4.79 Å². The summed E-state index contributed by atoms with van der Waals surface area (Å²) in [6.45, 7) is 4.07. The zero-order chi connectivity index (χ0) is 14.9. The van der Waals surface area contributed by atoms with E-state index >= 15 is 0 Å². The maximum atomic E-state index is 11.3. The number of nitrogens with two attached hydrogens (primary N) is 2. The summed E-state index contributed by atoms with van der Waals surface area (Å²) in [5.74, 6) is 0.0676. The summed E-state index contributed by atoms with van der Waals surface area (Å²) in [7, 11) is 1.89. The molecule has 0 aliphatic carbocycles. The maximum Gasteiger partial charge on any atom is 0.250 e. The molecule has 0 saturated heterocycles. The summed E-state index contributed by atoms with van der Waals surface area (Å²) in [4.78, 5) is 17.5. The van der Waals surface area contributed by atoms with Gasteiger partial charge in [-0.1, -0.05) is 6.07 Å². The molecule has 0 atom stereocenters. The second kappa shape index (κ2) is 5.21. The molecule has 2 rings (SSSR count). The van der Waals surface area contributed by atoms with Crippen molar-refractivity contribution in [2.75, 3.05) is 17.7 Å². The Morgan fingerprint density at radius 1 is 1.15 bits per heavy atom. The molecule has 1 heterocycles. The quantitative estimate of drug-likeness (QED) is 0.894. The van der Waals surface area contributed by atoms with Crippen LogP contribution in [0.2, 0.25) is 0 Å². The van der Waals surface area contributed by atoms with Crippen molar-refractivity contribution in [1.29, 1.82) is 0 Å². The zero-order valence-corrected chi connectivity index (χ0v) is 11.8. The van der Waals surface area contributed by atoms with Crippen LogP contribution in [0.1, 0.15) is 21.5 Å². The van der Waals surface area contributed by atoms with E-state index in [1.165, 1.54) is 6.20 Å². The van der Waals surface area contributed by atoms with E-state index in [0.717, 1.165) is 16.8 Å². The summed E-state index contributed by atoms with van der Waals surface area (Å²) >= 11 is 0. The minimum absolute atomic E-state index is 0.284. The highest BCUT2D eigenvalue weighted by Crippen LogP contribution is 2.26. The predicted octanol–water partition coefficient (Wildman–Crippen LogP) is 2.15. The number of anilines is 3. The van der Waals surface area contributed by atoms with Gasteiger partial charge in [-0.25, -0.2) is 4.98 Å². The summed E-state index contributed by atoms with van der Waals surface area (Å²) in [5.41, 5.74) is 14.9. The van der Waals surface area contributed by atoms with Gasteiger partial charge in [-0.3, -0.25) is 4.79 Å². The molecule has 0 aliphatic rings. The van der Waals surface area contributed by atoms with E-state index in [1.807, 2.05) is 25.8 Å². The molecular weight excluding hydrogens is 252 g/mol. The Hall–Kier alpha value is -2.56. The van der Waals surface area contributed by atoms with Gasteiger partial charge in [0.05, 0.1) is 17.4 Å². The number of amides is 1. The molecule has 0 saturated carbocycles. The first-order chi connectivity index (χ1) is 9.38. The first kappa shape index (κ1) is 13.9. The van der Waals surface area contributed by atoms with Crippen LogP contribution in [0.3, 0.4) is 0 Å². The fraction of sp³-hybridized carbons (Fsp3) is 0.200. The van der Waals surface area contributed by atoms with E-state index in [2.05, 4.69) is 23.2 Å². The van der Waals surface area contributed by atoms with Crippen LogP contribution in [0.25, 0.3) is 0 Å². The number of aromatic nitrogens is 1. The molecule has 20 heavy (non-hydrogen) atoms. The number of hydrogen-bond acceptors (Lipinski definition) is 4. The number of benzene rings is 1. The molecule has 0 unspecified atom stereocenters. The number of carbonyl (C=O) groups is 1. The lowest BCUT2D eigenvalue weighted by Gasteiger charge is -2.20. The smallest absolute Gasteiger partial charge is 0.250 e. The maximum absolute atomic E-state index is 11.3. The van der Waals surface area contributed by atoms with Gasteiger partial charge < -0.3 is 16.4 Å². The van der Waals surface area contributed by atoms with E-state index in [-0.39, 0.29) is 11.3 Å². The first-order valence-electron chi connectivity index (χ1n) is 6.26. The van der Waals surface area contributed by atoms with Crippen LogP contribution >= 0.6 is 0 Å². The lowest BCUT2D eigenvalue weighted by atomic mass is 10.1. The van der Waals surface area contributed by atoms with Gasteiger partial charge in [0.2, 0.25) is 0 Å². The van der Waals surface area contributed by atoms with Gasteiger partial charge in [0.15, 0.2) is 0 Å². The van der Waals surface area contributed by atoms with Crippen molar-refractivity contribution >= 4 is 23.1 Å². The molecule has 1 aromatic heterocycles. The van der Waals surface area contributed by atoms with Gasteiger partial charge in [-0.05, 0) is 43.2 Å². The monoisotopic (exact) mass is 270 g/mol. The Kier molecular flexibility index (Phi) is 3.61. The molecule has 1 amide bonds. The molecule has 1 aromatic carbocycles. The number of pyridine rings is 1. The first-order valence-corrected chi connectivity index (χ1v) is 6.26. The van der Waals surface area contributed by atoms with Gasteiger partial charge >= 0.3 is 0 Å². The van der Waals surface area contributed by atoms with Gasteiger partial charge in [0.1, 0.15) is 5.82 Å². The van der Waals surface area contributed by atoms with Gasteiger partial charge in [-0.15, -0.1) is 0 Å². The Bertz CT molecular complexity index is 647. The van der Waals surface area contributed by atoms with Crippen LogP contribution in [0.15, 0.2) is 30.5 Å². The number of nitrogens with zero attached hydrogens (tertiary/aromatic N) is 2. The fourth-order valence-corrected chi connectivity index (χ4v) is 2.13. The second-order valence-corrected chi connectivity index (χ2v) is 4.90. The van der Waals surface area contributed by atoms with Crippen molar-refractivity contribution in [1.82, 2.24) is 4.98 Å². The predicted molar refractivity (Wildman–Crippen MR) is 81.1 cm³/mol. The molecule has 0 radical (unpaired) electrons. The average molecular weight is 270 g/mol. The van der Waals surface area contributed by atoms with E-state index in [0.29, 0.717) is 5.82 Å². The van der Waals surface area contributed by atoms with Crippen molar-refractivity contribution in [2.24, 2.45) is 5.73 Å². The van der Waals surface area contributed by atoms with Crippen LogP contribution < -0.4 is 16.4 Å². The third-order valence-corrected chi connectivity index (χ3v) is 3.12. The minimum Gasteiger partial charge on any atom is -0.397 e. The SMILES string of the molecule is Cc1cc(C)cc(N(C)c2cc(C(N)=O)c(N)cn2)c1. The third-order valence-electron chi connectivity index (χ3n) is 3.12. The highest BCUT2D eigenvalue weighted by Gasteiger charge is 2.12. The van der Waals surface area contributed by atoms with Gasteiger partial charge in [-0.2, -0.15) is 0 Å². The molecule has 0 aliphatic heterocycles. The van der Waals surface area contributed by atoms with Crippen molar-refractivity contribution in [3.05, 3.63) is 47.2 Å². The van der Waals surface area contributed by atoms with E-state index in [4.69, 9.17) is 11.5 Å². The van der Waals surface area contributed by atoms with Gasteiger partial charge in [0.25, 0.3) is 5.91 Å². The van der Waals surface area contributed by atoms with Crippen LogP contribution in [-0.4, -0.2) is 17.9 Å². The third kappa shape index (κ3) is 2.71. The number of nitrogen functional groups attached to an aromatic ring is 1. The standard InChI is InChI=1S/C15H18N4O/c1-9-4-10(2)6-11(5-9)19(3)14-7-12(15(17)20)13(16)8-18-14/h4-8H,16H2,1-3H3,(H2,17,20). The lowest BCUT2D eigenvalue weighted by Crippen LogP contribution is -2.17. The van der Waals surface area contributed by atoms with Crippen molar-refractivity contribution in [2.45, 2.75) is 13.8 Å². The van der Waals surface area contributed by atoms with E-state index < -0.39 is 5.91 Å². The molecule has 0 fully saturated rings. The lowest BCUT2D eigenvalue weighted by molar-refractivity contribution is 0.100. The number of hydrogen-bond donors (Lipinski definition) is 2. The number of aryl methyl sites for hydroxylation is 2. The zero-order valence-electron chi connectivity index (χ0n) is 11.8. The Morgan fingerprint density at radius 2 is 1.75 bits per heavy atom. The minimum atomic E-state index is -0.556. The summed E-state index contributed by atoms with van der Waals surface area (Å²) < 4.78 is 0. The van der Waals surface area contributed by atoms with E-state index in [1.54, 1.807) is 6.07 Å². The summed E-state index contributed by atoms with van der Waals surface area (Å²) in [6, 6.07) is 7.81. The topological polar surface area (TPSA) is 85.2 Å². The molecule has 104 valence electrons. The Balaban J connectivity index is 2.45. The molecular formula is C15H18N4O. The van der Waals surface area contributed by atoms with Crippen LogP contribution in [0.5, 0.6) is 0 Å². The largest absolute Gasteiger partial charge is 0.397 e. The molecule has 5 nitrogen and oxygen atoms in total. The van der Waals surface area contributed by atoms with Crippen LogP contribution in [-0.2, 0) is 0 Å². The normalized spacial score (nSPS) is 10.3. The van der Waals surface area contributed by atoms with Crippen molar-refractivity contribution in [3.63, 3.8) is 0 Å².